The van der Waals surface area contributed by atoms with Crippen molar-refractivity contribution in [3.8, 4) is 0 Å². The molecule has 2 atom stereocenters. The SMILES string of the molecule is O=C(c1cocn1)N1C[C@H]2CCC[C@@]2(COCc2cccnc2)C1. The van der Waals surface area contributed by atoms with Crippen molar-refractivity contribution in [1.82, 2.24) is 14.9 Å². The van der Waals surface area contributed by atoms with Crippen LogP contribution in [0, 0.1) is 11.3 Å². The lowest BCUT2D eigenvalue weighted by Crippen LogP contribution is -2.34. The minimum absolute atomic E-state index is 0.0372. The Labute approximate surface area is 140 Å². The number of amides is 1. The van der Waals surface area contributed by atoms with Gasteiger partial charge in [-0.1, -0.05) is 12.5 Å². The van der Waals surface area contributed by atoms with Crippen LogP contribution >= 0.6 is 0 Å². The highest BCUT2D eigenvalue weighted by molar-refractivity contribution is 5.92. The van der Waals surface area contributed by atoms with Crippen molar-refractivity contribution in [1.29, 1.82) is 0 Å². The first-order valence-corrected chi connectivity index (χ1v) is 8.41. The number of carbonyl (C=O) groups is 1. The second-order valence-electron chi connectivity index (χ2n) is 6.86. The Hall–Kier alpha value is -2.21. The second-order valence-corrected chi connectivity index (χ2v) is 6.86. The molecule has 1 saturated heterocycles. The molecule has 1 aliphatic carbocycles. The summed E-state index contributed by atoms with van der Waals surface area (Å²) in [6, 6.07) is 3.94. The van der Waals surface area contributed by atoms with Gasteiger partial charge in [0.2, 0.25) is 0 Å². The van der Waals surface area contributed by atoms with E-state index in [-0.39, 0.29) is 11.3 Å². The molecular formula is C18H21N3O3. The molecule has 1 saturated carbocycles. The van der Waals surface area contributed by atoms with Gasteiger partial charge in [0.1, 0.15) is 6.26 Å². The monoisotopic (exact) mass is 327 g/mol. The van der Waals surface area contributed by atoms with Crippen molar-refractivity contribution in [2.75, 3.05) is 19.7 Å². The van der Waals surface area contributed by atoms with E-state index in [0.29, 0.717) is 24.8 Å². The molecule has 2 aliphatic rings. The number of likely N-dealkylation sites (tertiary alicyclic amines) is 1. The third-order valence-electron chi connectivity index (χ3n) is 5.36. The number of hydrogen-bond acceptors (Lipinski definition) is 5. The van der Waals surface area contributed by atoms with Crippen LogP contribution < -0.4 is 0 Å². The maximum atomic E-state index is 12.5. The summed E-state index contributed by atoms with van der Waals surface area (Å²) in [7, 11) is 0. The summed E-state index contributed by atoms with van der Waals surface area (Å²) in [6.07, 6.45) is 9.82. The zero-order valence-electron chi connectivity index (χ0n) is 13.6. The summed E-state index contributed by atoms with van der Waals surface area (Å²) in [6.45, 7) is 2.80. The van der Waals surface area contributed by atoms with Crippen LogP contribution in [-0.4, -0.2) is 40.5 Å². The maximum absolute atomic E-state index is 12.5. The number of oxazole rings is 1. The summed E-state index contributed by atoms with van der Waals surface area (Å²) in [5.41, 5.74) is 1.56. The number of aromatic nitrogens is 2. The molecule has 0 N–H and O–H groups in total. The molecule has 0 aromatic carbocycles. The number of hydrogen-bond donors (Lipinski definition) is 0. The molecule has 6 heteroatoms. The molecule has 1 aliphatic heterocycles. The van der Waals surface area contributed by atoms with Crippen LogP contribution in [0.5, 0.6) is 0 Å². The van der Waals surface area contributed by atoms with Crippen molar-refractivity contribution in [3.63, 3.8) is 0 Å². The molecule has 0 unspecified atom stereocenters. The zero-order valence-corrected chi connectivity index (χ0v) is 13.6. The average molecular weight is 327 g/mol. The molecule has 3 heterocycles. The molecular weight excluding hydrogens is 306 g/mol. The van der Waals surface area contributed by atoms with E-state index in [1.54, 1.807) is 6.20 Å². The van der Waals surface area contributed by atoms with Gasteiger partial charge in [0.25, 0.3) is 5.91 Å². The molecule has 24 heavy (non-hydrogen) atoms. The first kappa shape index (κ1) is 15.3. The lowest BCUT2D eigenvalue weighted by Gasteiger charge is -2.28. The van der Waals surface area contributed by atoms with E-state index >= 15 is 0 Å². The van der Waals surface area contributed by atoms with Gasteiger partial charge in [0, 0.05) is 30.9 Å². The van der Waals surface area contributed by atoms with E-state index in [1.165, 1.54) is 25.5 Å². The number of carbonyl (C=O) groups excluding carboxylic acids is 1. The van der Waals surface area contributed by atoms with Gasteiger partial charge in [-0.15, -0.1) is 0 Å². The summed E-state index contributed by atoms with van der Waals surface area (Å²) in [4.78, 5) is 22.5. The van der Waals surface area contributed by atoms with E-state index < -0.39 is 0 Å². The third-order valence-corrected chi connectivity index (χ3v) is 5.36. The van der Waals surface area contributed by atoms with E-state index in [9.17, 15) is 4.79 Å². The van der Waals surface area contributed by atoms with Crippen molar-refractivity contribution >= 4 is 5.91 Å². The van der Waals surface area contributed by atoms with Gasteiger partial charge in [-0.3, -0.25) is 9.78 Å². The van der Waals surface area contributed by atoms with Crippen LogP contribution in [0.15, 0.2) is 41.6 Å². The van der Waals surface area contributed by atoms with Gasteiger partial charge in [0.05, 0.1) is 13.2 Å². The highest BCUT2D eigenvalue weighted by atomic mass is 16.5. The van der Waals surface area contributed by atoms with Crippen molar-refractivity contribution in [3.05, 3.63) is 48.4 Å². The Morgan fingerprint density at radius 3 is 3.25 bits per heavy atom. The molecule has 2 aromatic rings. The number of pyridine rings is 1. The highest BCUT2D eigenvalue weighted by Gasteiger charge is 2.51. The Kier molecular flexibility index (Phi) is 4.06. The van der Waals surface area contributed by atoms with Crippen LogP contribution in [0.4, 0.5) is 0 Å². The lowest BCUT2D eigenvalue weighted by molar-refractivity contribution is 0.0264. The molecule has 0 bridgehead atoms. The third kappa shape index (κ3) is 2.82. The molecule has 1 amide bonds. The van der Waals surface area contributed by atoms with Crippen LogP contribution in [0.25, 0.3) is 0 Å². The summed E-state index contributed by atoms with van der Waals surface area (Å²) in [5.74, 6) is 0.479. The average Bonchev–Trinajstić information content (AvgIpc) is 3.31. The quantitative estimate of drug-likeness (QED) is 0.844. The van der Waals surface area contributed by atoms with Gasteiger partial charge >= 0.3 is 0 Å². The van der Waals surface area contributed by atoms with Crippen molar-refractivity contribution in [2.45, 2.75) is 25.9 Å². The van der Waals surface area contributed by atoms with Gasteiger partial charge in [-0.2, -0.15) is 0 Å². The standard InChI is InChI=1S/C18H21N3O3/c22-17(16-10-24-13-20-16)21-8-15-4-1-5-18(15,11-21)12-23-9-14-3-2-6-19-7-14/h2-3,6-7,10,13,15H,1,4-5,8-9,11-12H2/t15-,18+/m1/s1. The highest BCUT2D eigenvalue weighted by Crippen LogP contribution is 2.49. The smallest absolute Gasteiger partial charge is 0.275 e. The number of fused-ring (bicyclic) bond motifs is 1. The minimum atomic E-state index is -0.0372. The summed E-state index contributed by atoms with van der Waals surface area (Å²) < 4.78 is 11.0. The molecule has 2 aromatic heterocycles. The second kappa shape index (κ2) is 6.36. The first-order valence-electron chi connectivity index (χ1n) is 8.41. The Bertz CT molecular complexity index is 689. The number of ether oxygens (including phenoxy) is 1. The molecule has 2 fully saturated rings. The fraction of sp³-hybridized carbons (Fsp3) is 0.500. The predicted octanol–water partition coefficient (Wildman–Crippen LogP) is 2.53. The van der Waals surface area contributed by atoms with Crippen LogP contribution in [0.1, 0.15) is 35.3 Å². The fourth-order valence-electron chi connectivity index (χ4n) is 4.14. The normalized spacial score (nSPS) is 25.8. The number of rotatable bonds is 5. The topological polar surface area (TPSA) is 68.5 Å². The zero-order chi connectivity index (χ0) is 16.4. The van der Waals surface area contributed by atoms with Gasteiger partial charge in [-0.05, 0) is 30.4 Å². The van der Waals surface area contributed by atoms with E-state index in [0.717, 1.165) is 25.1 Å². The molecule has 0 spiro atoms. The Balaban J connectivity index is 1.40. The van der Waals surface area contributed by atoms with Crippen LogP contribution in [0.2, 0.25) is 0 Å². The van der Waals surface area contributed by atoms with Crippen LogP contribution in [0.3, 0.4) is 0 Å². The first-order chi connectivity index (χ1) is 11.8. The number of nitrogens with zero attached hydrogens (tertiary/aromatic N) is 3. The lowest BCUT2D eigenvalue weighted by atomic mass is 9.81. The summed E-state index contributed by atoms with van der Waals surface area (Å²) in [5, 5.41) is 0. The van der Waals surface area contributed by atoms with Crippen molar-refractivity contribution in [2.24, 2.45) is 11.3 Å². The molecule has 4 rings (SSSR count). The Morgan fingerprint density at radius 1 is 1.50 bits per heavy atom. The molecule has 6 nitrogen and oxygen atoms in total. The van der Waals surface area contributed by atoms with Gasteiger partial charge in [0.15, 0.2) is 12.1 Å². The van der Waals surface area contributed by atoms with E-state index in [4.69, 9.17) is 9.15 Å². The Morgan fingerprint density at radius 2 is 2.46 bits per heavy atom. The van der Waals surface area contributed by atoms with E-state index in [2.05, 4.69) is 9.97 Å². The minimum Gasteiger partial charge on any atom is -0.451 e. The molecule has 126 valence electrons. The summed E-state index contributed by atoms with van der Waals surface area (Å²) >= 11 is 0. The van der Waals surface area contributed by atoms with Gasteiger partial charge in [-0.25, -0.2) is 4.98 Å². The molecule has 0 radical (unpaired) electrons. The fourth-order valence-corrected chi connectivity index (χ4v) is 4.14. The largest absolute Gasteiger partial charge is 0.451 e. The predicted molar refractivity (Wildman–Crippen MR) is 86.1 cm³/mol. The maximum Gasteiger partial charge on any atom is 0.275 e. The van der Waals surface area contributed by atoms with Crippen molar-refractivity contribution < 1.29 is 13.9 Å². The van der Waals surface area contributed by atoms with E-state index in [1.807, 2.05) is 23.2 Å². The van der Waals surface area contributed by atoms with Crippen LogP contribution in [-0.2, 0) is 11.3 Å². The van der Waals surface area contributed by atoms with Gasteiger partial charge < -0.3 is 14.1 Å².